The fourth-order valence-electron chi connectivity index (χ4n) is 1.72. The van der Waals surface area contributed by atoms with Crippen molar-refractivity contribution < 1.29 is 9.13 Å². The Morgan fingerprint density at radius 3 is 2.63 bits per heavy atom. The van der Waals surface area contributed by atoms with Gasteiger partial charge in [-0.1, -0.05) is 30.7 Å². The summed E-state index contributed by atoms with van der Waals surface area (Å²) in [7, 11) is 0. The normalized spacial score (nSPS) is 12.2. The summed E-state index contributed by atoms with van der Waals surface area (Å²) >= 11 is 5.71. The number of hydrogen-bond donors (Lipinski definition) is 1. The van der Waals surface area contributed by atoms with Gasteiger partial charge in [-0.05, 0) is 36.2 Å². The number of ether oxygens (including phenoxy) is 1. The molecule has 0 radical (unpaired) electrons. The van der Waals surface area contributed by atoms with Gasteiger partial charge in [0, 0.05) is 12.1 Å². The topological polar surface area (TPSA) is 35.2 Å². The van der Waals surface area contributed by atoms with Crippen LogP contribution >= 0.6 is 11.6 Å². The molecular formula is C15H15ClFNO. The van der Waals surface area contributed by atoms with Crippen molar-refractivity contribution in [3.8, 4) is 11.5 Å². The van der Waals surface area contributed by atoms with Crippen molar-refractivity contribution in [3.05, 3.63) is 58.9 Å². The lowest BCUT2D eigenvalue weighted by Gasteiger charge is -2.12. The van der Waals surface area contributed by atoms with E-state index in [1.165, 1.54) is 18.2 Å². The maximum atomic E-state index is 13.0. The van der Waals surface area contributed by atoms with Gasteiger partial charge in [0.1, 0.15) is 17.3 Å². The van der Waals surface area contributed by atoms with Gasteiger partial charge >= 0.3 is 0 Å². The summed E-state index contributed by atoms with van der Waals surface area (Å²) in [5, 5.41) is 0.0407. The number of halogens is 2. The molecule has 2 N–H and O–H groups in total. The highest BCUT2D eigenvalue weighted by Crippen LogP contribution is 2.27. The molecule has 100 valence electrons. The first-order chi connectivity index (χ1) is 9.10. The van der Waals surface area contributed by atoms with Crippen LogP contribution in [-0.2, 0) is 0 Å². The van der Waals surface area contributed by atoms with Crippen molar-refractivity contribution in [1.82, 2.24) is 0 Å². The molecule has 1 atom stereocenters. The molecule has 0 aliphatic heterocycles. The summed E-state index contributed by atoms with van der Waals surface area (Å²) in [5.41, 5.74) is 6.98. The molecule has 0 saturated carbocycles. The van der Waals surface area contributed by atoms with Crippen LogP contribution in [0.1, 0.15) is 24.9 Å². The molecule has 2 nitrogen and oxygen atoms in total. The van der Waals surface area contributed by atoms with Gasteiger partial charge in [-0.3, -0.25) is 0 Å². The second kappa shape index (κ2) is 6.04. The molecule has 0 heterocycles. The standard InChI is InChI=1S/C15H15ClFNO/c1-2-15(18)10-4-3-5-11(8-10)19-12-6-7-14(17)13(16)9-12/h3-9,15H,2,18H2,1H3. The largest absolute Gasteiger partial charge is 0.457 e. The molecule has 2 aromatic carbocycles. The average molecular weight is 280 g/mol. The minimum Gasteiger partial charge on any atom is -0.457 e. The van der Waals surface area contributed by atoms with Crippen LogP contribution in [0.5, 0.6) is 11.5 Å². The van der Waals surface area contributed by atoms with E-state index in [4.69, 9.17) is 22.1 Å². The van der Waals surface area contributed by atoms with Crippen LogP contribution in [0, 0.1) is 5.82 Å². The van der Waals surface area contributed by atoms with Crippen molar-refractivity contribution in [2.24, 2.45) is 5.73 Å². The fourth-order valence-corrected chi connectivity index (χ4v) is 1.89. The van der Waals surface area contributed by atoms with Crippen molar-refractivity contribution in [2.75, 3.05) is 0 Å². The highest BCUT2D eigenvalue weighted by atomic mass is 35.5. The van der Waals surface area contributed by atoms with E-state index in [1.807, 2.05) is 31.2 Å². The zero-order valence-electron chi connectivity index (χ0n) is 10.6. The molecule has 0 fully saturated rings. The number of rotatable bonds is 4. The highest BCUT2D eigenvalue weighted by Gasteiger charge is 2.06. The van der Waals surface area contributed by atoms with Crippen LogP contribution in [0.3, 0.4) is 0 Å². The van der Waals surface area contributed by atoms with Crippen LogP contribution in [0.4, 0.5) is 4.39 Å². The number of nitrogens with two attached hydrogens (primary N) is 1. The average Bonchev–Trinajstić information content (AvgIpc) is 2.42. The zero-order chi connectivity index (χ0) is 13.8. The van der Waals surface area contributed by atoms with Gasteiger partial charge in [0.05, 0.1) is 5.02 Å². The van der Waals surface area contributed by atoms with Crippen molar-refractivity contribution in [2.45, 2.75) is 19.4 Å². The van der Waals surface area contributed by atoms with Crippen LogP contribution < -0.4 is 10.5 Å². The maximum absolute atomic E-state index is 13.0. The molecule has 0 aliphatic rings. The van der Waals surface area contributed by atoms with E-state index in [-0.39, 0.29) is 11.1 Å². The second-order valence-electron chi connectivity index (χ2n) is 4.27. The summed E-state index contributed by atoms with van der Waals surface area (Å²) in [5.74, 6) is 0.688. The Kier molecular flexibility index (Phi) is 4.40. The molecule has 0 aromatic heterocycles. The fraction of sp³-hybridized carbons (Fsp3) is 0.200. The Labute approximate surface area is 117 Å². The van der Waals surface area contributed by atoms with Gasteiger partial charge in [0.2, 0.25) is 0 Å². The molecule has 0 amide bonds. The molecule has 0 spiro atoms. The summed E-state index contributed by atoms with van der Waals surface area (Å²) in [6.45, 7) is 2.03. The summed E-state index contributed by atoms with van der Waals surface area (Å²) < 4.78 is 18.7. The Bertz CT molecular complexity index is 574. The Balaban J connectivity index is 2.20. The van der Waals surface area contributed by atoms with Crippen LogP contribution in [-0.4, -0.2) is 0 Å². The molecule has 2 aromatic rings. The predicted molar refractivity (Wildman–Crippen MR) is 75.1 cm³/mol. The predicted octanol–water partition coefficient (Wildman–Crippen LogP) is 4.68. The zero-order valence-corrected chi connectivity index (χ0v) is 11.3. The van der Waals surface area contributed by atoms with Crippen LogP contribution in [0.15, 0.2) is 42.5 Å². The molecule has 4 heteroatoms. The van der Waals surface area contributed by atoms with E-state index in [2.05, 4.69) is 0 Å². The molecular weight excluding hydrogens is 265 g/mol. The quantitative estimate of drug-likeness (QED) is 0.882. The lowest BCUT2D eigenvalue weighted by atomic mass is 10.1. The summed E-state index contributed by atoms with van der Waals surface area (Å²) in [6, 6.07) is 11.8. The summed E-state index contributed by atoms with van der Waals surface area (Å²) in [6.07, 6.45) is 0.853. The van der Waals surface area contributed by atoms with Crippen LogP contribution in [0.2, 0.25) is 5.02 Å². The maximum Gasteiger partial charge on any atom is 0.142 e. The third-order valence-corrected chi connectivity index (χ3v) is 3.14. The minimum absolute atomic E-state index is 0.0136. The first kappa shape index (κ1) is 13.8. The number of hydrogen-bond acceptors (Lipinski definition) is 2. The van der Waals surface area contributed by atoms with Gasteiger partial charge in [0.15, 0.2) is 0 Å². The Morgan fingerprint density at radius 2 is 1.95 bits per heavy atom. The molecule has 0 aliphatic carbocycles. The van der Waals surface area contributed by atoms with Gasteiger partial charge in [-0.25, -0.2) is 4.39 Å². The first-order valence-electron chi connectivity index (χ1n) is 6.08. The van der Waals surface area contributed by atoms with Crippen molar-refractivity contribution >= 4 is 11.6 Å². The van der Waals surface area contributed by atoms with Crippen molar-refractivity contribution in [3.63, 3.8) is 0 Å². The molecule has 2 rings (SSSR count). The monoisotopic (exact) mass is 279 g/mol. The Morgan fingerprint density at radius 1 is 1.21 bits per heavy atom. The molecule has 0 bridgehead atoms. The van der Waals surface area contributed by atoms with E-state index in [9.17, 15) is 4.39 Å². The van der Waals surface area contributed by atoms with E-state index in [0.29, 0.717) is 11.5 Å². The van der Waals surface area contributed by atoms with Gasteiger partial charge in [-0.15, -0.1) is 0 Å². The second-order valence-corrected chi connectivity index (χ2v) is 4.67. The van der Waals surface area contributed by atoms with Crippen LogP contribution in [0.25, 0.3) is 0 Å². The van der Waals surface area contributed by atoms with Gasteiger partial charge in [-0.2, -0.15) is 0 Å². The molecule has 19 heavy (non-hydrogen) atoms. The van der Waals surface area contributed by atoms with E-state index >= 15 is 0 Å². The number of benzene rings is 2. The third-order valence-electron chi connectivity index (χ3n) is 2.85. The van der Waals surface area contributed by atoms with E-state index < -0.39 is 5.82 Å². The minimum atomic E-state index is -0.462. The van der Waals surface area contributed by atoms with Gasteiger partial charge < -0.3 is 10.5 Å². The summed E-state index contributed by atoms with van der Waals surface area (Å²) in [4.78, 5) is 0. The van der Waals surface area contributed by atoms with Gasteiger partial charge in [0.25, 0.3) is 0 Å². The highest BCUT2D eigenvalue weighted by molar-refractivity contribution is 6.30. The lowest BCUT2D eigenvalue weighted by Crippen LogP contribution is -2.08. The first-order valence-corrected chi connectivity index (χ1v) is 6.46. The third kappa shape index (κ3) is 3.46. The van der Waals surface area contributed by atoms with E-state index in [1.54, 1.807) is 0 Å². The van der Waals surface area contributed by atoms with E-state index in [0.717, 1.165) is 12.0 Å². The lowest BCUT2D eigenvalue weighted by molar-refractivity contribution is 0.479. The molecule has 1 unspecified atom stereocenters. The SMILES string of the molecule is CCC(N)c1cccc(Oc2ccc(F)c(Cl)c2)c1. The molecule has 0 saturated heterocycles. The van der Waals surface area contributed by atoms with Crippen molar-refractivity contribution in [1.29, 1.82) is 0 Å². The Hall–Kier alpha value is -1.58. The smallest absolute Gasteiger partial charge is 0.142 e.